The third-order valence-electron chi connectivity index (χ3n) is 3.51. The molecule has 1 aromatic carbocycles. The van der Waals surface area contributed by atoms with Gasteiger partial charge in [0.15, 0.2) is 6.10 Å². The van der Waals surface area contributed by atoms with Crippen LogP contribution in [0.3, 0.4) is 0 Å². The van der Waals surface area contributed by atoms with Crippen LogP contribution in [0.2, 0.25) is 0 Å². The van der Waals surface area contributed by atoms with Crippen molar-refractivity contribution in [3.8, 4) is 0 Å². The van der Waals surface area contributed by atoms with Crippen molar-refractivity contribution in [2.45, 2.75) is 6.10 Å². The number of nitrogen functional groups attached to an aromatic ring is 1. The zero-order valence-electron chi connectivity index (χ0n) is 10.5. The lowest BCUT2D eigenvalue weighted by Gasteiger charge is -2.36. The minimum absolute atomic E-state index is 0.0532. The molecule has 2 fully saturated rings. The van der Waals surface area contributed by atoms with E-state index in [1.807, 2.05) is 4.90 Å². The summed E-state index contributed by atoms with van der Waals surface area (Å²) < 4.78 is 18.8. The van der Waals surface area contributed by atoms with Crippen molar-refractivity contribution in [3.05, 3.63) is 24.0 Å². The number of ether oxygens (including phenoxy) is 1. The molecule has 0 aliphatic carbocycles. The van der Waals surface area contributed by atoms with Crippen molar-refractivity contribution in [2.75, 3.05) is 43.4 Å². The summed E-state index contributed by atoms with van der Waals surface area (Å²) in [7, 11) is 0. The fourth-order valence-electron chi connectivity index (χ4n) is 2.34. The number of hydrogen-bond acceptors (Lipinski definition) is 4. The zero-order chi connectivity index (χ0) is 13.4. The number of rotatable bonds is 2. The van der Waals surface area contributed by atoms with Crippen molar-refractivity contribution in [1.29, 1.82) is 0 Å². The Bertz CT molecular complexity index is 497. The van der Waals surface area contributed by atoms with Crippen LogP contribution in [0.25, 0.3) is 0 Å². The van der Waals surface area contributed by atoms with E-state index < -0.39 is 0 Å². The van der Waals surface area contributed by atoms with Crippen molar-refractivity contribution in [3.63, 3.8) is 0 Å². The lowest BCUT2D eigenvalue weighted by molar-refractivity contribution is -0.132. The third-order valence-corrected chi connectivity index (χ3v) is 3.51. The number of benzene rings is 1. The van der Waals surface area contributed by atoms with Gasteiger partial charge < -0.3 is 20.3 Å². The van der Waals surface area contributed by atoms with E-state index in [2.05, 4.69) is 0 Å². The fourth-order valence-corrected chi connectivity index (χ4v) is 2.34. The normalized spacial score (nSPS) is 22.5. The number of hydrogen-bond donors (Lipinski definition) is 1. The standard InChI is InChI=1S/C13H16FN3O2/c14-10-7-9(15)1-2-11(10)16-3-5-17(6-4-16)13(18)12-8-19-12/h1-2,7,12H,3-6,8,15H2. The van der Waals surface area contributed by atoms with Crippen LogP contribution < -0.4 is 10.6 Å². The number of nitrogens with zero attached hydrogens (tertiary/aromatic N) is 2. The van der Waals surface area contributed by atoms with Crippen molar-refractivity contribution >= 4 is 17.3 Å². The maximum atomic E-state index is 13.8. The number of epoxide rings is 1. The molecule has 2 aliphatic heterocycles. The number of piperazine rings is 1. The highest BCUT2D eigenvalue weighted by Crippen LogP contribution is 2.23. The summed E-state index contributed by atoms with van der Waals surface area (Å²) in [6, 6.07) is 4.70. The van der Waals surface area contributed by atoms with Crippen molar-refractivity contribution in [1.82, 2.24) is 4.90 Å². The largest absolute Gasteiger partial charge is 0.399 e. The number of nitrogens with two attached hydrogens (primary N) is 1. The molecule has 1 amide bonds. The molecule has 2 N–H and O–H groups in total. The second-order valence-electron chi connectivity index (χ2n) is 4.85. The van der Waals surface area contributed by atoms with Gasteiger partial charge in [-0.15, -0.1) is 0 Å². The van der Waals surface area contributed by atoms with Crippen LogP contribution in [0.5, 0.6) is 0 Å². The Balaban J connectivity index is 1.64. The number of halogens is 1. The van der Waals surface area contributed by atoms with Crippen LogP contribution in [0.1, 0.15) is 0 Å². The molecule has 0 saturated carbocycles. The second-order valence-corrected chi connectivity index (χ2v) is 4.85. The molecule has 2 aliphatic rings. The molecule has 0 aromatic heterocycles. The maximum Gasteiger partial charge on any atom is 0.254 e. The molecule has 1 atom stereocenters. The predicted octanol–water partition coefficient (Wildman–Crippen LogP) is 0.455. The second kappa shape index (κ2) is 4.70. The Morgan fingerprint density at radius 2 is 2.00 bits per heavy atom. The van der Waals surface area contributed by atoms with Crippen LogP contribution in [-0.4, -0.2) is 49.7 Å². The first-order valence-corrected chi connectivity index (χ1v) is 6.35. The molecule has 1 unspecified atom stereocenters. The zero-order valence-corrected chi connectivity index (χ0v) is 10.5. The van der Waals surface area contributed by atoms with Gasteiger partial charge in [0.25, 0.3) is 5.91 Å². The van der Waals surface area contributed by atoms with Crippen LogP contribution in [0, 0.1) is 5.82 Å². The van der Waals surface area contributed by atoms with Crippen LogP contribution in [-0.2, 0) is 9.53 Å². The summed E-state index contributed by atoms with van der Waals surface area (Å²) in [5.41, 5.74) is 6.50. The average Bonchev–Trinajstić information content (AvgIpc) is 3.22. The molecular weight excluding hydrogens is 249 g/mol. The monoisotopic (exact) mass is 265 g/mol. The number of amides is 1. The minimum Gasteiger partial charge on any atom is -0.399 e. The highest BCUT2D eigenvalue weighted by Gasteiger charge is 2.36. The van der Waals surface area contributed by atoms with E-state index in [4.69, 9.17) is 10.5 Å². The first kappa shape index (κ1) is 12.2. The Hall–Kier alpha value is -1.82. The van der Waals surface area contributed by atoms with E-state index in [1.165, 1.54) is 6.07 Å². The summed E-state index contributed by atoms with van der Waals surface area (Å²) in [6.45, 7) is 2.98. The van der Waals surface area contributed by atoms with Gasteiger partial charge in [0.2, 0.25) is 0 Å². The lowest BCUT2D eigenvalue weighted by atomic mass is 10.2. The molecule has 1 aromatic rings. The predicted molar refractivity (Wildman–Crippen MR) is 69.3 cm³/mol. The van der Waals surface area contributed by atoms with Gasteiger partial charge in [-0.3, -0.25) is 4.79 Å². The first-order chi connectivity index (χ1) is 9.15. The average molecular weight is 265 g/mol. The summed E-state index contributed by atoms with van der Waals surface area (Å²) in [5.74, 6) is -0.261. The summed E-state index contributed by atoms with van der Waals surface area (Å²) in [4.78, 5) is 15.5. The number of carbonyl (C=O) groups is 1. The van der Waals surface area contributed by atoms with Gasteiger partial charge in [0.1, 0.15) is 5.82 Å². The first-order valence-electron chi connectivity index (χ1n) is 6.35. The molecular formula is C13H16FN3O2. The van der Waals surface area contributed by atoms with Crippen LogP contribution in [0.15, 0.2) is 18.2 Å². The third kappa shape index (κ3) is 2.49. The molecule has 2 saturated heterocycles. The van der Waals surface area contributed by atoms with E-state index in [0.717, 1.165) is 0 Å². The molecule has 2 heterocycles. The summed E-state index contributed by atoms with van der Waals surface area (Å²) in [6.07, 6.45) is -0.236. The highest BCUT2D eigenvalue weighted by molar-refractivity contribution is 5.83. The van der Waals surface area contributed by atoms with Gasteiger partial charge in [0, 0.05) is 31.9 Å². The van der Waals surface area contributed by atoms with E-state index in [-0.39, 0.29) is 17.8 Å². The fraction of sp³-hybridized carbons (Fsp3) is 0.462. The van der Waals surface area contributed by atoms with Gasteiger partial charge >= 0.3 is 0 Å². The topological polar surface area (TPSA) is 62.1 Å². The van der Waals surface area contributed by atoms with E-state index in [9.17, 15) is 9.18 Å². The van der Waals surface area contributed by atoms with Crippen LogP contribution >= 0.6 is 0 Å². The van der Waals surface area contributed by atoms with E-state index in [0.29, 0.717) is 44.2 Å². The van der Waals surface area contributed by atoms with Crippen LogP contribution in [0.4, 0.5) is 15.8 Å². The molecule has 6 heteroatoms. The number of anilines is 2. The van der Waals surface area contributed by atoms with Gasteiger partial charge in [0.05, 0.1) is 12.3 Å². The van der Waals surface area contributed by atoms with Gasteiger partial charge in [-0.25, -0.2) is 4.39 Å². The molecule has 5 nitrogen and oxygen atoms in total. The lowest BCUT2D eigenvalue weighted by Crippen LogP contribution is -2.50. The molecule has 0 spiro atoms. The SMILES string of the molecule is Nc1ccc(N2CCN(C(=O)C3CO3)CC2)c(F)c1. The Labute approximate surface area is 110 Å². The van der Waals surface area contributed by atoms with Gasteiger partial charge in [-0.2, -0.15) is 0 Å². The van der Waals surface area contributed by atoms with Crippen molar-refractivity contribution in [2.24, 2.45) is 0 Å². The quantitative estimate of drug-likeness (QED) is 0.623. The maximum absolute atomic E-state index is 13.8. The highest BCUT2D eigenvalue weighted by atomic mass is 19.1. The molecule has 0 bridgehead atoms. The van der Waals surface area contributed by atoms with Crippen molar-refractivity contribution < 1.29 is 13.9 Å². The summed E-state index contributed by atoms with van der Waals surface area (Å²) in [5, 5.41) is 0. The smallest absolute Gasteiger partial charge is 0.254 e. The molecule has 19 heavy (non-hydrogen) atoms. The van der Waals surface area contributed by atoms with Gasteiger partial charge in [-0.05, 0) is 18.2 Å². The van der Waals surface area contributed by atoms with E-state index >= 15 is 0 Å². The van der Waals surface area contributed by atoms with Gasteiger partial charge in [-0.1, -0.05) is 0 Å². The molecule has 0 radical (unpaired) electrons. The summed E-state index contributed by atoms with van der Waals surface area (Å²) >= 11 is 0. The number of carbonyl (C=O) groups excluding carboxylic acids is 1. The Kier molecular flexibility index (Phi) is 3.02. The Morgan fingerprint density at radius 3 is 2.58 bits per heavy atom. The molecule has 102 valence electrons. The Morgan fingerprint density at radius 1 is 1.32 bits per heavy atom. The van der Waals surface area contributed by atoms with E-state index in [1.54, 1.807) is 17.0 Å². The minimum atomic E-state index is -0.315. The molecule has 3 rings (SSSR count).